The summed E-state index contributed by atoms with van der Waals surface area (Å²) in [5.41, 5.74) is -3.20. The van der Waals surface area contributed by atoms with E-state index in [4.69, 9.17) is 4.89 Å². The second kappa shape index (κ2) is 4.59. The molecule has 1 N–H and O–H groups in total. The Balaban J connectivity index is 4.64. The van der Waals surface area contributed by atoms with Gasteiger partial charge in [-0.1, -0.05) is 13.2 Å². The second-order valence-electron chi connectivity index (χ2n) is 1.68. The maximum atomic E-state index is 10.9. The van der Waals surface area contributed by atoms with Gasteiger partial charge in [-0.25, -0.2) is 9.59 Å². The topological polar surface area (TPSA) is 89.9 Å². The van der Waals surface area contributed by atoms with E-state index in [0.29, 0.717) is 12.5 Å². The first-order valence-electron chi connectivity index (χ1n) is 2.93. The first-order chi connectivity index (χ1) is 5.96. The Morgan fingerprint density at radius 2 is 1.46 bits per heavy atom. The Hall–Kier alpha value is -1.39. The molecule has 0 saturated carbocycles. The van der Waals surface area contributed by atoms with E-state index < -0.39 is 18.8 Å². The lowest BCUT2D eigenvalue weighted by Crippen LogP contribution is -2.08. The van der Waals surface area contributed by atoms with Crippen LogP contribution in [0.1, 0.15) is 0 Å². The van der Waals surface area contributed by atoms with Crippen LogP contribution in [0, 0.1) is 0 Å². The minimum absolute atomic E-state index is 0.631. The van der Waals surface area contributed by atoms with E-state index in [9.17, 15) is 14.2 Å². The van der Waals surface area contributed by atoms with Crippen molar-refractivity contribution in [2.45, 2.75) is 0 Å². The average Bonchev–Trinajstić information content (AvgIpc) is 2.05. The summed E-state index contributed by atoms with van der Waals surface area (Å²) in [5.74, 6) is 0. The predicted molar refractivity (Wildman–Crippen MR) is 43.2 cm³/mol. The molecule has 7 heteroatoms. The quantitative estimate of drug-likeness (QED) is 0.557. The highest BCUT2D eigenvalue weighted by atomic mass is 31.2. The van der Waals surface area contributed by atoms with Crippen LogP contribution in [0.2, 0.25) is 0 Å². The summed E-state index contributed by atoms with van der Waals surface area (Å²) in [6, 6.07) is 0. The summed E-state index contributed by atoms with van der Waals surface area (Å²) in [7, 11) is -4.77. The van der Waals surface area contributed by atoms with Gasteiger partial charge in [0.25, 0.3) is 0 Å². The number of hydrogen-bond donors (Lipinski definition) is 1. The van der Waals surface area contributed by atoms with Crippen LogP contribution in [0.15, 0.2) is 25.7 Å². The van der Waals surface area contributed by atoms with Gasteiger partial charge in [0, 0.05) is 0 Å². The molecule has 0 radical (unpaired) electrons. The number of rotatable bonds is 4. The van der Waals surface area contributed by atoms with E-state index in [1.165, 1.54) is 0 Å². The molecule has 0 fully saturated rings. The molecule has 0 aliphatic heterocycles. The van der Waals surface area contributed by atoms with Gasteiger partial charge in [0.05, 0.1) is 12.5 Å². The largest absolute Gasteiger partial charge is 0.427 e. The number of hydrogen-bond acceptors (Lipinski definition) is 5. The predicted octanol–water partition coefficient (Wildman–Crippen LogP) is 1.82. The second-order valence-corrected chi connectivity index (χ2v) is 3.56. The van der Waals surface area contributed by atoms with Crippen LogP contribution in [-0.4, -0.2) is 16.3 Å². The highest BCUT2D eigenvalue weighted by Gasteiger charge is 2.41. The van der Waals surface area contributed by atoms with Crippen molar-refractivity contribution < 1.29 is 28.5 Å². The third-order valence-electron chi connectivity index (χ3n) is 0.863. The number of carbonyl (C=O) groups excluding carboxylic acids is 2. The van der Waals surface area contributed by atoms with Crippen LogP contribution >= 0.6 is 7.37 Å². The third-order valence-corrected chi connectivity index (χ3v) is 2.06. The zero-order chi connectivity index (χ0) is 10.5. The summed E-state index contributed by atoms with van der Waals surface area (Å²) in [4.78, 5) is 30.1. The molecule has 0 aliphatic rings. The summed E-state index contributed by atoms with van der Waals surface area (Å²) in [6.45, 7) is 5.94. The standard InChI is InChI=1S/C6H7O6P/c1-3-11-5(7)13(9,10)6(8)12-4-2/h3-4H,1-2H2,(H,9,10). The molecule has 6 nitrogen and oxygen atoms in total. The molecule has 0 atom stereocenters. The molecule has 0 unspecified atom stereocenters. The van der Waals surface area contributed by atoms with Gasteiger partial charge in [0.15, 0.2) is 0 Å². The molecule has 0 aromatic carbocycles. The lowest BCUT2D eigenvalue weighted by molar-refractivity contribution is 0.197. The fourth-order valence-electron chi connectivity index (χ4n) is 0.360. The fraction of sp³-hybridized carbons (Fsp3) is 0. The molecule has 0 bridgehead atoms. The van der Waals surface area contributed by atoms with Crippen molar-refractivity contribution in [3.05, 3.63) is 25.7 Å². The Labute approximate surface area is 73.9 Å². The molecule has 0 aromatic heterocycles. The first-order valence-corrected chi connectivity index (χ1v) is 4.59. The third kappa shape index (κ3) is 2.85. The Morgan fingerprint density at radius 3 is 1.69 bits per heavy atom. The molecule has 72 valence electrons. The average molecular weight is 206 g/mol. The van der Waals surface area contributed by atoms with Gasteiger partial charge in [-0.05, 0) is 0 Å². The molecule has 0 amide bonds. The van der Waals surface area contributed by atoms with Crippen molar-refractivity contribution in [1.29, 1.82) is 0 Å². The Kier molecular flexibility index (Phi) is 4.10. The molecular weight excluding hydrogens is 199 g/mol. The first kappa shape index (κ1) is 11.6. The smallest absolute Gasteiger partial charge is 0.411 e. The van der Waals surface area contributed by atoms with Crippen molar-refractivity contribution >= 4 is 18.8 Å². The highest BCUT2D eigenvalue weighted by molar-refractivity contribution is 7.88. The minimum Gasteiger partial charge on any atom is -0.427 e. The molecule has 0 rings (SSSR count). The van der Waals surface area contributed by atoms with Gasteiger partial charge in [0.2, 0.25) is 0 Å². The van der Waals surface area contributed by atoms with E-state index in [2.05, 4.69) is 22.6 Å². The molecule has 0 spiro atoms. The lowest BCUT2D eigenvalue weighted by atomic mass is 11.1. The van der Waals surface area contributed by atoms with Gasteiger partial charge in [0.1, 0.15) is 0 Å². The zero-order valence-corrected chi connectivity index (χ0v) is 7.40. The van der Waals surface area contributed by atoms with Crippen LogP contribution < -0.4 is 0 Å². The summed E-state index contributed by atoms with van der Waals surface area (Å²) in [5, 5.41) is 0. The van der Waals surface area contributed by atoms with Crippen molar-refractivity contribution in [2.24, 2.45) is 0 Å². The molecule has 0 heterocycles. The van der Waals surface area contributed by atoms with E-state index in [1.807, 2.05) is 0 Å². The van der Waals surface area contributed by atoms with Crippen molar-refractivity contribution in [2.75, 3.05) is 0 Å². The Bertz CT molecular complexity index is 267. The van der Waals surface area contributed by atoms with E-state index in [-0.39, 0.29) is 0 Å². The Morgan fingerprint density at radius 1 is 1.15 bits per heavy atom. The van der Waals surface area contributed by atoms with Gasteiger partial charge < -0.3 is 14.4 Å². The molecule has 13 heavy (non-hydrogen) atoms. The normalized spacial score (nSPS) is 9.92. The molecular formula is C6H7O6P. The van der Waals surface area contributed by atoms with Crippen molar-refractivity contribution in [3.8, 4) is 0 Å². The zero-order valence-electron chi connectivity index (χ0n) is 6.50. The SMILES string of the molecule is C=COC(=O)P(=O)(O)C(=O)OC=C. The van der Waals surface area contributed by atoms with Crippen LogP contribution in [0.5, 0.6) is 0 Å². The van der Waals surface area contributed by atoms with Gasteiger partial charge in [-0.3, -0.25) is 4.57 Å². The van der Waals surface area contributed by atoms with Gasteiger partial charge >= 0.3 is 18.8 Å². The van der Waals surface area contributed by atoms with Crippen LogP contribution in [-0.2, 0) is 14.0 Å². The number of carbonyl (C=O) groups is 2. The monoisotopic (exact) mass is 206 g/mol. The summed E-state index contributed by atoms with van der Waals surface area (Å²) < 4.78 is 18.8. The van der Waals surface area contributed by atoms with E-state index in [0.717, 1.165) is 0 Å². The maximum Gasteiger partial charge on any atom is 0.411 e. The highest BCUT2D eigenvalue weighted by Crippen LogP contribution is 2.44. The molecule has 0 aliphatic carbocycles. The van der Waals surface area contributed by atoms with E-state index >= 15 is 0 Å². The van der Waals surface area contributed by atoms with Crippen molar-refractivity contribution in [1.82, 2.24) is 0 Å². The molecule has 0 aromatic rings. The number of ether oxygens (including phenoxy) is 2. The van der Waals surface area contributed by atoms with Crippen molar-refractivity contribution in [3.63, 3.8) is 0 Å². The maximum absolute atomic E-state index is 10.9. The van der Waals surface area contributed by atoms with Crippen LogP contribution in [0.3, 0.4) is 0 Å². The minimum atomic E-state index is -4.77. The fourth-order valence-corrected chi connectivity index (χ4v) is 0.944. The summed E-state index contributed by atoms with van der Waals surface area (Å²) in [6.07, 6.45) is 1.26. The van der Waals surface area contributed by atoms with Crippen LogP contribution in [0.4, 0.5) is 9.59 Å². The van der Waals surface area contributed by atoms with E-state index in [1.54, 1.807) is 0 Å². The van der Waals surface area contributed by atoms with Crippen LogP contribution in [0.25, 0.3) is 0 Å². The summed E-state index contributed by atoms with van der Waals surface area (Å²) >= 11 is 0. The van der Waals surface area contributed by atoms with Gasteiger partial charge in [-0.15, -0.1) is 0 Å². The molecule has 0 saturated heterocycles. The van der Waals surface area contributed by atoms with Gasteiger partial charge in [-0.2, -0.15) is 0 Å². The lowest BCUT2D eigenvalue weighted by Gasteiger charge is -2.04.